The van der Waals surface area contributed by atoms with E-state index in [0.717, 1.165) is 19.5 Å². The van der Waals surface area contributed by atoms with Crippen molar-refractivity contribution in [2.45, 2.75) is 52.1 Å². The number of halogens is 1. The van der Waals surface area contributed by atoms with E-state index in [1.165, 1.54) is 42.5 Å². The van der Waals surface area contributed by atoms with Gasteiger partial charge in [-0.1, -0.05) is 24.6 Å². The minimum atomic E-state index is 0. The third-order valence-corrected chi connectivity index (χ3v) is 4.21. The molecule has 2 nitrogen and oxygen atoms in total. The summed E-state index contributed by atoms with van der Waals surface area (Å²) >= 11 is 0. The Balaban J connectivity index is 0.00000180. The van der Waals surface area contributed by atoms with E-state index < -0.39 is 0 Å². The van der Waals surface area contributed by atoms with Crippen LogP contribution in [0.15, 0.2) is 18.2 Å². The van der Waals surface area contributed by atoms with Crippen molar-refractivity contribution < 1.29 is 0 Å². The van der Waals surface area contributed by atoms with Gasteiger partial charge in [0, 0.05) is 12.6 Å². The van der Waals surface area contributed by atoms with Gasteiger partial charge in [-0.25, -0.2) is 0 Å². The Morgan fingerprint density at radius 1 is 1.21 bits per heavy atom. The summed E-state index contributed by atoms with van der Waals surface area (Å²) in [5.74, 6) is 0. The van der Waals surface area contributed by atoms with E-state index in [4.69, 9.17) is 5.73 Å². The van der Waals surface area contributed by atoms with Crippen molar-refractivity contribution in [1.29, 1.82) is 0 Å². The first-order chi connectivity index (χ1) is 8.70. The largest absolute Gasteiger partial charge is 0.330 e. The lowest BCUT2D eigenvalue weighted by Gasteiger charge is -2.35. The highest BCUT2D eigenvalue weighted by atomic mass is 35.5. The fraction of sp³-hybridized carbons (Fsp3) is 0.625. The molecule has 1 saturated heterocycles. The van der Waals surface area contributed by atoms with Crippen LogP contribution >= 0.6 is 12.4 Å². The fourth-order valence-electron chi connectivity index (χ4n) is 2.92. The molecule has 108 valence electrons. The van der Waals surface area contributed by atoms with Crippen LogP contribution in [0.5, 0.6) is 0 Å². The van der Waals surface area contributed by atoms with Crippen LogP contribution in [0.1, 0.15) is 42.4 Å². The average Bonchev–Trinajstić information content (AvgIpc) is 2.37. The highest BCUT2D eigenvalue weighted by molar-refractivity contribution is 5.85. The minimum absolute atomic E-state index is 0. The van der Waals surface area contributed by atoms with Crippen LogP contribution in [0, 0.1) is 13.8 Å². The van der Waals surface area contributed by atoms with Crippen molar-refractivity contribution in [3.63, 3.8) is 0 Å². The Morgan fingerprint density at radius 3 is 2.68 bits per heavy atom. The Bertz CT molecular complexity index is 390. The van der Waals surface area contributed by atoms with Crippen molar-refractivity contribution >= 4 is 12.4 Å². The number of hydrogen-bond acceptors (Lipinski definition) is 2. The zero-order chi connectivity index (χ0) is 13.0. The predicted molar refractivity (Wildman–Crippen MR) is 84.9 cm³/mol. The van der Waals surface area contributed by atoms with Crippen molar-refractivity contribution in [1.82, 2.24) is 4.90 Å². The summed E-state index contributed by atoms with van der Waals surface area (Å²) in [6.45, 7) is 7.51. The number of likely N-dealkylation sites (tertiary alicyclic amines) is 1. The first-order valence-electron chi connectivity index (χ1n) is 7.21. The monoisotopic (exact) mass is 282 g/mol. The smallest absolute Gasteiger partial charge is 0.0236 e. The molecule has 1 aromatic rings. The van der Waals surface area contributed by atoms with Crippen LogP contribution in [0.25, 0.3) is 0 Å². The molecule has 1 fully saturated rings. The van der Waals surface area contributed by atoms with Gasteiger partial charge in [0.2, 0.25) is 0 Å². The van der Waals surface area contributed by atoms with E-state index >= 15 is 0 Å². The summed E-state index contributed by atoms with van der Waals surface area (Å²) in [5.41, 5.74) is 9.97. The van der Waals surface area contributed by atoms with Gasteiger partial charge in [-0.2, -0.15) is 0 Å². The molecule has 1 atom stereocenters. The molecule has 0 saturated carbocycles. The maximum Gasteiger partial charge on any atom is 0.0236 e. The zero-order valence-electron chi connectivity index (χ0n) is 12.2. The van der Waals surface area contributed by atoms with E-state index in [9.17, 15) is 0 Å². The molecule has 0 aliphatic carbocycles. The van der Waals surface area contributed by atoms with Crippen LogP contribution in [0.3, 0.4) is 0 Å². The van der Waals surface area contributed by atoms with Crippen molar-refractivity contribution in [2.75, 3.05) is 13.1 Å². The number of rotatable bonds is 4. The second-order valence-corrected chi connectivity index (χ2v) is 5.62. The zero-order valence-corrected chi connectivity index (χ0v) is 13.0. The summed E-state index contributed by atoms with van der Waals surface area (Å²) in [5, 5.41) is 0. The number of nitrogens with two attached hydrogens (primary N) is 1. The third-order valence-electron chi connectivity index (χ3n) is 4.21. The van der Waals surface area contributed by atoms with E-state index in [1.54, 1.807) is 0 Å². The molecule has 1 heterocycles. The Morgan fingerprint density at radius 2 is 2.00 bits per heavy atom. The molecule has 0 spiro atoms. The van der Waals surface area contributed by atoms with Crippen LogP contribution in [-0.2, 0) is 6.54 Å². The van der Waals surface area contributed by atoms with Crippen LogP contribution in [0.4, 0.5) is 0 Å². The Hall–Kier alpha value is -0.570. The fourth-order valence-corrected chi connectivity index (χ4v) is 2.92. The lowest BCUT2D eigenvalue weighted by molar-refractivity contribution is 0.134. The molecule has 0 bridgehead atoms. The Kier molecular flexibility index (Phi) is 6.84. The maximum atomic E-state index is 5.73. The highest BCUT2D eigenvalue weighted by Crippen LogP contribution is 2.22. The van der Waals surface area contributed by atoms with Gasteiger partial charge in [0.25, 0.3) is 0 Å². The molecule has 2 N–H and O–H groups in total. The van der Waals surface area contributed by atoms with E-state index in [0.29, 0.717) is 6.04 Å². The van der Waals surface area contributed by atoms with E-state index in [-0.39, 0.29) is 12.4 Å². The first kappa shape index (κ1) is 16.5. The topological polar surface area (TPSA) is 29.3 Å². The van der Waals surface area contributed by atoms with Gasteiger partial charge in [0.05, 0.1) is 0 Å². The Labute approximate surface area is 123 Å². The van der Waals surface area contributed by atoms with Gasteiger partial charge in [-0.3, -0.25) is 4.90 Å². The molecule has 2 rings (SSSR count). The molecule has 1 aromatic carbocycles. The molecular formula is C16H27ClN2. The normalized spacial score (nSPS) is 20.1. The predicted octanol–water partition coefficient (Wildman–Crippen LogP) is 3.43. The van der Waals surface area contributed by atoms with Crippen LogP contribution in [-0.4, -0.2) is 24.0 Å². The number of hydrogen-bond donors (Lipinski definition) is 1. The second kappa shape index (κ2) is 7.88. The summed E-state index contributed by atoms with van der Waals surface area (Å²) in [4.78, 5) is 2.63. The summed E-state index contributed by atoms with van der Waals surface area (Å²) in [6, 6.07) is 7.55. The number of aryl methyl sites for hydroxylation is 2. The average molecular weight is 283 g/mol. The summed E-state index contributed by atoms with van der Waals surface area (Å²) in [7, 11) is 0. The number of piperidine rings is 1. The maximum absolute atomic E-state index is 5.73. The molecule has 1 aliphatic heterocycles. The number of nitrogens with zero attached hydrogens (tertiary/aromatic N) is 1. The standard InChI is InChI=1S/C16H26N2.ClH/c1-13-6-7-15(11-14(13)2)12-18-10-4-3-5-16(18)8-9-17;/h6-7,11,16H,3-5,8-10,12,17H2,1-2H3;1H. The van der Waals surface area contributed by atoms with Crippen molar-refractivity contribution in [3.8, 4) is 0 Å². The van der Waals surface area contributed by atoms with Gasteiger partial charge in [0.1, 0.15) is 0 Å². The molecule has 0 amide bonds. The molecule has 3 heteroatoms. The quantitative estimate of drug-likeness (QED) is 0.917. The first-order valence-corrected chi connectivity index (χ1v) is 7.21. The van der Waals surface area contributed by atoms with Crippen molar-refractivity contribution in [3.05, 3.63) is 34.9 Å². The van der Waals surface area contributed by atoms with Gasteiger partial charge in [-0.15, -0.1) is 12.4 Å². The minimum Gasteiger partial charge on any atom is -0.330 e. The van der Waals surface area contributed by atoms with Crippen molar-refractivity contribution in [2.24, 2.45) is 5.73 Å². The van der Waals surface area contributed by atoms with Gasteiger partial charge in [-0.05, 0) is 62.9 Å². The molecular weight excluding hydrogens is 256 g/mol. The lowest BCUT2D eigenvalue weighted by Crippen LogP contribution is -2.40. The molecule has 19 heavy (non-hydrogen) atoms. The van der Waals surface area contributed by atoms with Crippen LogP contribution < -0.4 is 5.73 Å². The molecule has 0 radical (unpaired) electrons. The molecule has 1 aliphatic rings. The third kappa shape index (κ3) is 4.48. The van der Waals surface area contributed by atoms with Gasteiger partial charge < -0.3 is 5.73 Å². The summed E-state index contributed by atoms with van der Waals surface area (Å²) < 4.78 is 0. The van der Waals surface area contributed by atoms with Crippen LogP contribution in [0.2, 0.25) is 0 Å². The van der Waals surface area contributed by atoms with E-state index in [2.05, 4.69) is 36.9 Å². The number of benzene rings is 1. The highest BCUT2D eigenvalue weighted by Gasteiger charge is 2.21. The van der Waals surface area contributed by atoms with Gasteiger partial charge >= 0.3 is 0 Å². The summed E-state index contributed by atoms with van der Waals surface area (Å²) in [6.07, 6.45) is 5.17. The van der Waals surface area contributed by atoms with Gasteiger partial charge in [0.15, 0.2) is 0 Å². The second-order valence-electron chi connectivity index (χ2n) is 5.62. The van der Waals surface area contributed by atoms with E-state index in [1.807, 2.05) is 0 Å². The molecule has 0 aromatic heterocycles. The lowest BCUT2D eigenvalue weighted by atomic mass is 9.98. The molecule has 1 unspecified atom stereocenters. The SMILES string of the molecule is Cc1ccc(CN2CCCCC2CCN)cc1C.Cl.